The lowest BCUT2D eigenvalue weighted by atomic mass is 10.0. The molecule has 0 fully saturated rings. The number of carbonyl (C=O) groups excluding carboxylic acids is 2. The van der Waals surface area contributed by atoms with Crippen LogP contribution in [0, 0.1) is 29.1 Å². The van der Waals surface area contributed by atoms with E-state index in [0.29, 0.717) is 0 Å². The molecule has 10 heteroatoms. The summed E-state index contributed by atoms with van der Waals surface area (Å²) in [7, 11) is 0. The van der Waals surface area contributed by atoms with Gasteiger partial charge in [0, 0.05) is 17.2 Å². The summed E-state index contributed by atoms with van der Waals surface area (Å²) in [6, 6.07) is 11.7. The van der Waals surface area contributed by atoms with Crippen molar-refractivity contribution in [3.63, 3.8) is 0 Å². The minimum atomic E-state index is -2.27. The highest BCUT2D eigenvalue weighted by Gasteiger charge is 2.34. The van der Waals surface area contributed by atoms with Crippen molar-refractivity contribution in [3.8, 4) is 11.3 Å². The molecule has 0 atom stereocenters. The summed E-state index contributed by atoms with van der Waals surface area (Å²) in [5.41, 5.74) is -0.925. The zero-order chi connectivity index (χ0) is 24.6. The number of aromatic nitrogens is 1. The first kappa shape index (κ1) is 21.4. The van der Waals surface area contributed by atoms with Crippen LogP contribution in [0.1, 0.15) is 25.7 Å². The smallest absolute Gasteiger partial charge is 0.238 e. The third-order valence-corrected chi connectivity index (χ3v) is 6.62. The number of rotatable bonds is 2. The molecule has 172 valence electrons. The molecule has 0 aliphatic heterocycles. The Morgan fingerprint density at radius 3 is 1.86 bits per heavy atom. The molecule has 0 N–H and O–H groups in total. The van der Waals surface area contributed by atoms with E-state index in [-0.39, 0.29) is 32.1 Å². The highest BCUT2D eigenvalue weighted by Crippen LogP contribution is 2.38. The largest absolute Gasteiger partial charge is 0.437 e. The first-order valence-corrected chi connectivity index (χ1v) is 10.8. The van der Waals surface area contributed by atoms with Crippen LogP contribution in [-0.2, 0) is 0 Å². The molecule has 5 aromatic rings. The molecule has 0 saturated heterocycles. The van der Waals surface area contributed by atoms with E-state index >= 15 is 0 Å². The SMILES string of the molecule is O=C1C(=Cc2nc3oc(-c4c(F)c(F)c(F)c(F)c4F)cc3s2)C(=O)c2cc3ccccc3cc21. The maximum Gasteiger partial charge on any atom is 0.238 e. The van der Waals surface area contributed by atoms with Gasteiger partial charge in [-0.05, 0) is 29.0 Å². The van der Waals surface area contributed by atoms with Gasteiger partial charge in [-0.25, -0.2) is 26.9 Å². The van der Waals surface area contributed by atoms with Crippen molar-refractivity contribution < 1.29 is 36.0 Å². The van der Waals surface area contributed by atoms with Crippen molar-refractivity contribution in [2.24, 2.45) is 0 Å². The zero-order valence-electron chi connectivity index (χ0n) is 17.1. The van der Waals surface area contributed by atoms with Crippen LogP contribution in [0.3, 0.4) is 0 Å². The van der Waals surface area contributed by atoms with E-state index in [1.54, 1.807) is 12.1 Å². The van der Waals surface area contributed by atoms with Crippen LogP contribution in [0.15, 0.2) is 52.5 Å². The quantitative estimate of drug-likeness (QED) is 0.0878. The molecule has 0 radical (unpaired) electrons. The first-order chi connectivity index (χ1) is 16.7. The van der Waals surface area contributed by atoms with E-state index in [1.807, 2.05) is 24.3 Å². The number of allylic oxidation sites excluding steroid dienone is 1. The summed E-state index contributed by atoms with van der Waals surface area (Å²) in [6.07, 6.45) is 1.29. The molecular weight excluding hydrogens is 489 g/mol. The van der Waals surface area contributed by atoms with Crippen molar-refractivity contribution in [3.05, 3.63) is 93.3 Å². The van der Waals surface area contributed by atoms with E-state index in [0.717, 1.165) is 28.2 Å². The second-order valence-electron chi connectivity index (χ2n) is 7.74. The van der Waals surface area contributed by atoms with Gasteiger partial charge in [-0.3, -0.25) is 9.59 Å². The lowest BCUT2D eigenvalue weighted by molar-refractivity contribution is 0.0990. The summed E-state index contributed by atoms with van der Waals surface area (Å²) in [5.74, 6) is -12.1. The standard InChI is InChI=1S/C25H8F5NO3S/c26-18-17(19(27)21(29)22(30)20(18)28)14-8-15-25(34-14)31-16(35-15)7-13-23(32)11-5-9-3-1-2-4-10(9)6-12(11)24(13)33/h1-8H. The lowest BCUT2D eigenvalue weighted by Crippen LogP contribution is -2.03. The van der Waals surface area contributed by atoms with Crippen molar-refractivity contribution >= 4 is 50.2 Å². The number of fused-ring (bicyclic) bond motifs is 3. The molecule has 0 bridgehead atoms. The molecule has 0 spiro atoms. The number of halogens is 5. The fourth-order valence-corrected chi connectivity index (χ4v) is 4.89. The summed E-state index contributed by atoms with van der Waals surface area (Å²) in [4.78, 5) is 29.9. The van der Waals surface area contributed by atoms with Crippen LogP contribution in [0.2, 0.25) is 0 Å². The second kappa shape index (κ2) is 7.41. The molecule has 0 amide bonds. The van der Waals surface area contributed by atoms with E-state index in [4.69, 9.17) is 4.42 Å². The van der Waals surface area contributed by atoms with Crippen molar-refractivity contribution in [2.75, 3.05) is 0 Å². The van der Waals surface area contributed by atoms with Crippen LogP contribution in [-0.4, -0.2) is 16.6 Å². The van der Waals surface area contributed by atoms with Gasteiger partial charge in [-0.1, -0.05) is 24.3 Å². The molecule has 1 aliphatic rings. The Bertz CT molecular complexity index is 1680. The van der Waals surface area contributed by atoms with Crippen LogP contribution in [0.25, 0.3) is 38.6 Å². The van der Waals surface area contributed by atoms with E-state index < -0.39 is 52.0 Å². The molecule has 4 nitrogen and oxygen atoms in total. The molecule has 2 heterocycles. The molecule has 0 unspecified atom stereocenters. The van der Waals surface area contributed by atoms with Gasteiger partial charge in [0.05, 0.1) is 15.8 Å². The van der Waals surface area contributed by atoms with Crippen LogP contribution in [0.5, 0.6) is 0 Å². The fraction of sp³-hybridized carbons (Fsp3) is 0. The molecule has 0 saturated carbocycles. The number of ketones is 2. The molecule has 6 rings (SSSR count). The van der Waals surface area contributed by atoms with E-state index in [9.17, 15) is 31.5 Å². The van der Waals surface area contributed by atoms with Gasteiger partial charge >= 0.3 is 0 Å². The number of Topliss-reactive ketones (excluding diaryl/α,β-unsaturated/α-hetero) is 2. The summed E-state index contributed by atoms with van der Waals surface area (Å²) >= 11 is 0.916. The number of furan rings is 1. The zero-order valence-corrected chi connectivity index (χ0v) is 17.9. The molecule has 3 aromatic carbocycles. The lowest BCUT2D eigenvalue weighted by Gasteiger charge is -2.05. The summed E-state index contributed by atoms with van der Waals surface area (Å²) in [5, 5.41) is 1.80. The van der Waals surface area contributed by atoms with Gasteiger partial charge in [0.15, 0.2) is 34.8 Å². The molecular formula is C25H8F5NO3S. The molecule has 2 aromatic heterocycles. The van der Waals surface area contributed by atoms with Crippen molar-refractivity contribution in [2.45, 2.75) is 0 Å². The number of nitrogens with zero attached hydrogens (tertiary/aromatic N) is 1. The second-order valence-corrected chi connectivity index (χ2v) is 8.80. The predicted octanol–water partition coefficient (Wildman–Crippen LogP) is 6.87. The van der Waals surface area contributed by atoms with E-state index in [1.165, 1.54) is 6.08 Å². The number of thiazole rings is 1. The molecule has 1 aliphatic carbocycles. The maximum absolute atomic E-state index is 14.1. The Hall–Kier alpha value is -4.18. The van der Waals surface area contributed by atoms with Gasteiger partial charge in [0.2, 0.25) is 11.5 Å². The highest BCUT2D eigenvalue weighted by molar-refractivity contribution is 7.19. The maximum atomic E-state index is 14.1. The van der Waals surface area contributed by atoms with Crippen molar-refractivity contribution in [1.29, 1.82) is 0 Å². The van der Waals surface area contributed by atoms with Gasteiger partial charge in [0.25, 0.3) is 0 Å². The minimum absolute atomic E-state index is 0.105. The minimum Gasteiger partial charge on any atom is -0.437 e. The monoisotopic (exact) mass is 497 g/mol. The normalized spacial score (nSPS) is 13.3. The Kier molecular flexibility index (Phi) is 4.52. The average molecular weight is 497 g/mol. The topological polar surface area (TPSA) is 60.2 Å². The number of carbonyl (C=O) groups is 2. The third kappa shape index (κ3) is 3.06. The Balaban J connectivity index is 1.40. The molecule has 35 heavy (non-hydrogen) atoms. The summed E-state index contributed by atoms with van der Waals surface area (Å²) in [6.45, 7) is 0. The van der Waals surface area contributed by atoms with Crippen LogP contribution in [0.4, 0.5) is 22.0 Å². The van der Waals surface area contributed by atoms with Gasteiger partial charge in [-0.15, -0.1) is 11.3 Å². The average Bonchev–Trinajstić information content (AvgIpc) is 3.48. The number of hydrogen-bond donors (Lipinski definition) is 0. The van der Waals surface area contributed by atoms with Gasteiger partial charge in [-0.2, -0.15) is 0 Å². The van der Waals surface area contributed by atoms with Crippen LogP contribution >= 0.6 is 11.3 Å². The first-order valence-electron chi connectivity index (χ1n) is 10.0. The van der Waals surface area contributed by atoms with Gasteiger partial charge in [0.1, 0.15) is 10.8 Å². The number of benzene rings is 3. The Labute approximate surface area is 195 Å². The number of hydrogen-bond acceptors (Lipinski definition) is 5. The van der Waals surface area contributed by atoms with Crippen molar-refractivity contribution in [1.82, 2.24) is 4.98 Å². The summed E-state index contributed by atoms with van der Waals surface area (Å²) < 4.78 is 74.1. The predicted molar refractivity (Wildman–Crippen MR) is 118 cm³/mol. The Morgan fingerprint density at radius 2 is 1.31 bits per heavy atom. The Morgan fingerprint density at radius 1 is 0.771 bits per heavy atom. The third-order valence-electron chi connectivity index (χ3n) is 5.69. The van der Waals surface area contributed by atoms with E-state index in [2.05, 4.69) is 4.98 Å². The highest BCUT2D eigenvalue weighted by atomic mass is 32.1. The fourth-order valence-electron chi connectivity index (χ4n) is 4.02. The van der Waals surface area contributed by atoms with Crippen LogP contribution < -0.4 is 0 Å². The van der Waals surface area contributed by atoms with Gasteiger partial charge < -0.3 is 4.42 Å².